The Hall–Kier alpha value is -1.39. The highest BCUT2D eigenvalue weighted by Crippen LogP contribution is 2.31. The molecule has 106 valence electrons. The highest BCUT2D eigenvalue weighted by molar-refractivity contribution is 5.74. The van der Waals surface area contributed by atoms with Crippen LogP contribution in [0.15, 0.2) is 0 Å². The smallest absolute Gasteiger partial charge is 0.310 e. The van der Waals surface area contributed by atoms with Gasteiger partial charge >= 0.3 is 5.97 Å². The van der Waals surface area contributed by atoms with E-state index in [1.807, 2.05) is 13.8 Å². The third-order valence-corrected chi connectivity index (χ3v) is 4.49. The van der Waals surface area contributed by atoms with Crippen molar-refractivity contribution in [2.24, 2.45) is 5.41 Å². The Kier molecular flexibility index (Phi) is 4.22. The van der Waals surface area contributed by atoms with Crippen LogP contribution in [-0.4, -0.2) is 25.8 Å². The molecule has 0 fully saturated rings. The zero-order valence-electron chi connectivity index (χ0n) is 11.9. The first-order valence-corrected chi connectivity index (χ1v) is 7.27. The monoisotopic (exact) mass is 265 g/mol. The van der Waals surface area contributed by atoms with E-state index < -0.39 is 11.4 Å². The number of fused-ring (bicyclic) bond motifs is 1. The van der Waals surface area contributed by atoms with Crippen molar-refractivity contribution in [2.75, 3.05) is 0 Å². The van der Waals surface area contributed by atoms with Crippen molar-refractivity contribution < 1.29 is 9.90 Å². The zero-order chi connectivity index (χ0) is 13.9. The highest BCUT2D eigenvalue weighted by Gasteiger charge is 2.37. The molecule has 0 atom stereocenters. The number of carboxylic acids is 1. The lowest BCUT2D eigenvalue weighted by molar-refractivity contribution is -0.149. The maximum absolute atomic E-state index is 11.6. The first-order chi connectivity index (χ1) is 9.13. The minimum absolute atomic E-state index is 0.488. The lowest BCUT2D eigenvalue weighted by atomic mass is 9.79. The summed E-state index contributed by atoms with van der Waals surface area (Å²) in [5.41, 5.74) is -0.698. The number of carboxylic acid groups (broad SMARTS) is 1. The van der Waals surface area contributed by atoms with Crippen molar-refractivity contribution in [2.45, 2.75) is 65.3 Å². The van der Waals surface area contributed by atoms with Gasteiger partial charge in [0.15, 0.2) is 0 Å². The predicted octanol–water partition coefficient (Wildman–Crippen LogP) is 2.44. The van der Waals surface area contributed by atoms with Crippen LogP contribution >= 0.6 is 0 Å². The van der Waals surface area contributed by atoms with Gasteiger partial charge in [-0.3, -0.25) is 4.79 Å². The second-order valence-corrected chi connectivity index (χ2v) is 5.46. The molecule has 0 bridgehead atoms. The fourth-order valence-corrected chi connectivity index (χ4v) is 2.86. The van der Waals surface area contributed by atoms with E-state index in [2.05, 4.69) is 14.8 Å². The van der Waals surface area contributed by atoms with Gasteiger partial charge in [-0.2, -0.15) is 0 Å². The summed E-state index contributed by atoms with van der Waals surface area (Å²) >= 11 is 0. The standard InChI is InChI=1S/C14H23N3O2/c1-3-14(4-2,13(18)19)10-12-16-15-11-8-6-5-7-9-17(11)12/h3-10H2,1-2H3,(H,18,19). The molecule has 19 heavy (non-hydrogen) atoms. The summed E-state index contributed by atoms with van der Waals surface area (Å²) in [4.78, 5) is 11.6. The maximum atomic E-state index is 11.6. The van der Waals surface area contributed by atoms with Crippen molar-refractivity contribution in [1.82, 2.24) is 14.8 Å². The van der Waals surface area contributed by atoms with Crippen LogP contribution in [0.4, 0.5) is 0 Å². The van der Waals surface area contributed by atoms with Crippen molar-refractivity contribution in [3.8, 4) is 0 Å². The molecular formula is C14H23N3O2. The average molecular weight is 265 g/mol. The number of aryl methyl sites for hydroxylation is 1. The molecule has 0 amide bonds. The third kappa shape index (κ3) is 2.65. The van der Waals surface area contributed by atoms with Gasteiger partial charge in [0.05, 0.1) is 5.41 Å². The minimum Gasteiger partial charge on any atom is -0.481 e. The van der Waals surface area contributed by atoms with E-state index in [-0.39, 0.29) is 0 Å². The van der Waals surface area contributed by atoms with Crippen molar-refractivity contribution >= 4 is 5.97 Å². The molecule has 0 saturated heterocycles. The van der Waals surface area contributed by atoms with Crippen LogP contribution in [0.3, 0.4) is 0 Å². The second-order valence-electron chi connectivity index (χ2n) is 5.46. The van der Waals surface area contributed by atoms with Gasteiger partial charge in [0, 0.05) is 19.4 Å². The van der Waals surface area contributed by atoms with E-state index >= 15 is 0 Å². The molecule has 2 rings (SSSR count). The van der Waals surface area contributed by atoms with Crippen LogP contribution < -0.4 is 0 Å². The van der Waals surface area contributed by atoms with Crippen LogP contribution in [0.25, 0.3) is 0 Å². The molecule has 1 aromatic rings. The van der Waals surface area contributed by atoms with Gasteiger partial charge in [0.2, 0.25) is 0 Å². The summed E-state index contributed by atoms with van der Waals surface area (Å²) in [6, 6.07) is 0. The molecular weight excluding hydrogens is 242 g/mol. The molecule has 2 heterocycles. The van der Waals surface area contributed by atoms with E-state index in [1.54, 1.807) is 0 Å². The Bertz CT molecular complexity index is 450. The van der Waals surface area contributed by atoms with Gasteiger partial charge in [0.25, 0.3) is 0 Å². The summed E-state index contributed by atoms with van der Waals surface area (Å²) < 4.78 is 2.15. The molecule has 5 heteroatoms. The largest absolute Gasteiger partial charge is 0.481 e. The van der Waals surface area contributed by atoms with Crippen LogP contribution in [0.1, 0.15) is 57.6 Å². The zero-order valence-corrected chi connectivity index (χ0v) is 11.9. The van der Waals surface area contributed by atoms with E-state index in [4.69, 9.17) is 0 Å². The average Bonchev–Trinajstić information content (AvgIpc) is 2.63. The second kappa shape index (κ2) is 5.72. The maximum Gasteiger partial charge on any atom is 0.310 e. The first-order valence-electron chi connectivity index (χ1n) is 7.27. The van der Waals surface area contributed by atoms with Gasteiger partial charge in [-0.15, -0.1) is 10.2 Å². The Labute approximate surface area is 114 Å². The van der Waals surface area contributed by atoms with E-state index in [0.29, 0.717) is 19.3 Å². The summed E-state index contributed by atoms with van der Waals surface area (Å²) in [5.74, 6) is 1.16. The molecule has 0 saturated carbocycles. The highest BCUT2D eigenvalue weighted by atomic mass is 16.4. The normalized spacial score (nSPS) is 15.9. The molecule has 0 radical (unpaired) electrons. The molecule has 0 aliphatic carbocycles. The fraction of sp³-hybridized carbons (Fsp3) is 0.786. The first kappa shape index (κ1) is 14.0. The van der Waals surface area contributed by atoms with Gasteiger partial charge in [-0.05, 0) is 25.7 Å². The number of hydrogen-bond acceptors (Lipinski definition) is 3. The Balaban J connectivity index is 2.27. The van der Waals surface area contributed by atoms with Gasteiger partial charge in [0.1, 0.15) is 11.6 Å². The van der Waals surface area contributed by atoms with E-state index in [1.165, 1.54) is 6.42 Å². The molecule has 0 unspecified atom stereocenters. The molecule has 1 aliphatic rings. The van der Waals surface area contributed by atoms with Crippen LogP contribution in [-0.2, 0) is 24.2 Å². The molecule has 0 spiro atoms. The van der Waals surface area contributed by atoms with Crippen molar-refractivity contribution in [1.29, 1.82) is 0 Å². The lowest BCUT2D eigenvalue weighted by Gasteiger charge is -2.26. The number of hydrogen-bond donors (Lipinski definition) is 1. The summed E-state index contributed by atoms with van der Waals surface area (Å²) in [5, 5.41) is 18.0. The number of carbonyl (C=O) groups is 1. The van der Waals surface area contributed by atoms with Crippen LogP contribution in [0, 0.1) is 5.41 Å². The van der Waals surface area contributed by atoms with Gasteiger partial charge < -0.3 is 9.67 Å². The Morgan fingerprint density at radius 2 is 2.00 bits per heavy atom. The predicted molar refractivity (Wildman–Crippen MR) is 71.9 cm³/mol. The quantitative estimate of drug-likeness (QED) is 0.887. The number of aromatic nitrogens is 3. The summed E-state index contributed by atoms with van der Waals surface area (Å²) in [7, 11) is 0. The van der Waals surface area contributed by atoms with Gasteiger partial charge in [-0.25, -0.2) is 0 Å². The van der Waals surface area contributed by atoms with E-state index in [0.717, 1.165) is 37.5 Å². The van der Waals surface area contributed by atoms with Gasteiger partial charge in [-0.1, -0.05) is 20.3 Å². The molecule has 1 aliphatic heterocycles. The summed E-state index contributed by atoms with van der Waals surface area (Å²) in [6.45, 7) is 4.81. The molecule has 0 aromatic carbocycles. The fourth-order valence-electron chi connectivity index (χ4n) is 2.86. The van der Waals surface area contributed by atoms with Crippen LogP contribution in [0.2, 0.25) is 0 Å². The topological polar surface area (TPSA) is 68.0 Å². The number of rotatable bonds is 5. The molecule has 1 N–H and O–H groups in total. The molecule has 1 aromatic heterocycles. The van der Waals surface area contributed by atoms with Crippen LogP contribution in [0.5, 0.6) is 0 Å². The number of aliphatic carboxylic acids is 1. The van der Waals surface area contributed by atoms with Crippen molar-refractivity contribution in [3.05, 3.63) is 11.6 Å². The SMILES string of the molecule is CCC(CC)(Cc1nnc2n1CCCCC2)C(=O)O. The summed E-state index contributed by atoms with van der Waals surface area (Å²) in [6.07, 6.45) is 6.21. The Morgan fingerprint density at radius 3 is 2.63 bits per heavy atom. The molecule has 5 nitrogen and oxygen atoms in total. The lowest BCUT2D eigenvalue weighted by Crippen LogP contribution is -2.33. The number of nitrogens with zero attached hydrogens (tertiary/aromatic N) is 3. The van der Waals surface area contributed by atoms with E-state index in [9.17, 15) is 9.90 Å². The Morgan fingerprint density at radius 1 is 1.26 bits per heavy atom. The minimum atomic E-state index is -0.719. The van der Waals surface area contributed by atoms with Crippen molar-refractivity contribution in [3.63, 3.8) is 0 Å². The third-order valence-electron chi connectivity index (χ3n) is 4.49.